The lowest BCUT2D eigenvalue weighted by Gasteiger charge is -2.25. The van der Waals surface area contributed by atoms with Crippen molar-refractivity contribution >= 4 is 0 Å². The zero-order chi connectivity index (χ0) is 12.2. The first-order valence-corrected chi connectivity index (χ1v) is 5.53. The van der Waals surface area contributed by atoms with Gasteiger partial charge in [-0.3, -0.25) is 0 Å². The first-order valence-electron chi connectivity index (χ1n) is 5.53. The van der Waals surface area contributed by atoms with Crippen molar-refractivity contribution in [2.75, 3.05) is 20.1 Å². The van der Waals surface area contributed by atoms with Gasteiger partial charge in [0.25, 0.3) is 0 Å². The third-order valence-electron chi connectivity index (χ3n) is 2.38. The molecule has 0 saturated heterocycles. The van der Waals surface area contributed by atoms with Crippen molar-refractivity contribution in [3.8, 4) is 0 Å². The van der Waals surface area contributed by atoms with Crippen molar-refractivity contribution in [3.05, 3.63) is 35.6 Å². The molecular weight excluding hydrogens is 205 g/mol. The van der Waals surface area contributed by atoms with Crippen LogP contribution in [0.4, 0.5) is 4.39 Å². The molecular formula is C13H20FNO. The van der Waals surface area contributed by atoms with Crippen LogP contribution in [0.1, 0.15) is 19.4 Å². The summed E-state index contributed by atoms with van der Waals surface area (Å²) in [6.45, 7) is 4.87. The molecule has 0 atom stereocenters. The Balaban J connectivity index is 2.43. The molecule has 1 aromatic carbocycles. The van der Waals surface area contributed by atoms with Crippen LogP contribution in [0.15, 0.2) is 24.3 Å². The van der Waals surface area contributed by atoms with Crippen LogP contribution in [0.2, 0.25) is 0 Å². The molecule has 0 radical (unpaired) electrons. The van der Waals surface area contributed by atoms with Gasteiger partial charge in [-0.15, -0.1) is 0 Å². The standard InChI is InChI=1S/C13H20FNO/c1-13(2,16)10-15(3)9-8-11-6-4-5-7-12(11)14/h4-7,16H,8-10H2,1-3H3. The number of rotatable bonds is 5. The van der Waals surface area contributed by atoms with E-state index in [0.29, 0.717) is 13.0 Å². The number of benzene rings is 1. The highest BCUT2D eigenvalue weighted by Gasteiger charge is 2.15. The molecule has 90 valence electrons. The normalized spacial score (nSPS) is 12.1. The van der Waals surface area contributed by atoms with Crippen LogP contribution in [0.3, 0.4) is 0 Å². The summed E-state index contributed by atoms with van der Waals surface area (Å²) in [7, 11) is 1.93. The number of likely N-dealkylation sites (N-methyl/N-ethyl adjacent to an activating group) is 1. The molecule has 0 aliphatic carbocycles. The van der Waals surface area contributed by atoms with Gasteiger partial charge in [0.1, 0.15) is 5.82 Å². The number of hydrogen-bond acceptors (Lipinski definition) is 2. The second-order valence-corrected chi connectivity index (χ2v) is 4.89. The molecule has 2 nitrogen and oxygen atoms in total. The predicted octanol–water partition coefficient (Wildman–Crippen LogP) is 2.07. The fourth-order valence-corrected chi connectivity index (χ4v) is 1.75. The molecule has 3 heteroatoms. The van der Waals surface area contributed by atoms with Gasteiger partial charge in [0.05, 0.1) is 5.60 Å². The van der Waals surface area contributed by atoms with E-state index in [9.17, 15) is 9.50 Å². The molecule has 0 unspecified atom stereocenters. The van der Waals surface area contributed by atoms with Gasteiger partial charge in [0, 0.05) is 13.1 Å². The van der Waals surface area contributed by atoms with Crippen molar-refractivity contribution in [2.24, 2.45) is 0 Å². The maximum Gasteiger partial charge on any atom is 0.126 e. The minimum Gasteiger partial charge on any atom is -0.389 e. The van der Waals surface area contributed by atoms with Crippen molar-refractivity contribution < 1.29 is 9.50 Å². The largest absolute Gasteiger partial charge is 0.389 e. The van der Waals surface area contributed by atoms with Gasteiger partial charge in [-0.25, -0.2) is 4.39 Å². The first kappa shape index (κ1) is 13.1. The van der Waals surface area contributed by atoms with Crippen LogP contribution in [0.25, 0.3) is 0 Å². The number of halogens is 1. The Morgan fingerprint density at radius 1 is 1.31 bits per heavy atom. The summed E-state index contributed by atoms with van der Waals surface area (Å²) in [4.78, 5) is 2.01. The third kappa shape index (κ3) is 4.73. The van der Waals surface area contributed by atoms with E-state index < -0.39 is 5.60 Å². The second-order valence-electron chi connectivity index (χ2n) is 4.89. The highest BCUT2D eigenvalue weighted by Crippen LogP contribution is 2.09. The van der Waals surface area contributed by atoms with E-state index in [-0.39, 0.29) is 5.82 Å². The van der Waals surface area contributed by atoms with Gasteiger partial charge in [-0.1, -0.05) is 18.2 Å². The SMILES string of the molecule is CN(CCc1ccccc1F)CC(C)(C)O. The Bertz CT molecular complexity index is 333. The van der Waals surface area contributed by atoms with E-state index >= 15 is 0 Å². The van der Waals surface area contributed by atoms with Gasteiger partial charge in [-0.05, 0) is 38.9 Å². The van der Waals surface area contributed by atoms with E-state index in [1.54, 1.807) is 26.0 Å². The summed E-state index contributed by atoms with van der Waals surface area (Å²) >= 11 is 0. The molecule has 0 aliphatic rings. The van der Waals surface area contributed by atoms with E-state index in [2.05, 4.69) is 0 Å². The fraction of sp³-hybridized carbons (Fsp3) is 0.538. The van der Waals surface area contributed by atoms with Gasteiger partial charge >= 0.3 is 0 Å². The molecule has 1 N–H and O–H groups in total. The summed E-state index contributed by atoms with van der Waals surface area (Å²) in [5.74, 6) is -0.154. The van der Waals surface area contributed by atoms with Gasteiger partial charge in [-0.2, -0.15) is 0 Å². The number of aliphatic hydroxyl groups is 1. The molecule has 0 fully saturated rings. The minimum absolute atomic E-state index is 0.154. The topological polar surface area (TPSA) is 23.5 Å². The van der Waals surface area contributed by atoms with Gasteiger partial charge < -0.3 is 10.0 Å². The lowest BCUT2D eigenvalue weighted by Crippen LogP contribution is -2.37. The Labute approximate surface area is 96.7 Å². The van der Waals surface area contributed by atoms with Crippen molar-refractivity contribution in [1.82, 2.24) is 4.90 Å². The first-order chi connectivity index (χ1) is 7.38. The molecule has 0 spiro atoms. The van der Waals surface area contributed by atoms with Crippen LogP contribution in [-0.2, 0) is 6.42 Å². The maximum atomic E-state index is 13.3. The molecule has 0 aliphatic heterocycles. The number of nitrogens with zero attached hydrogens (tertiary/aromatic N) is 1. The molecule has 1 rings (SSSR count). The third-order valence-corrected chi connectivity index (χ3v) is 2.38. The lowest BCUT2D eigenvalue weighted by atomic mass is 10.1. The molecule has 0 aromatic heterocycles. The summed E-state index contributed by atoms with van der Waals surface area (Å²) < 4.78 is 13.3. The zero-order valence-electron chi connectivity index (χ0n) is 10.2. The molecule has 0 bridgehead atoms. The highest BCUT2D eigenvalue weighted by atomic mass is 19.1. The highest BCUT2D eigenvalue weighted by molar-refractivity contribution is 5.17. The number of hydrogen-bond donors (Lipinski definition) is 1. The molecule has 0 saturated carbocycles. The van der Waals surface area contributed by atoms with E-state index in [1.165, 1.54) is 6.07 Å². The zero-order valence-corrected chi connectivity index (χ0v) is 10.2. The smallest absolute Gasteiger partial charge is 0.126 e. The Hall–Kier alpha value is -0.930. The summed E-state index contributed by atoms with van der Waals surface area (Å²) in [6.07, 6.45) is 0.666. The Morgan fingerprint density at radius 3 is 2.50 bits per heavy atom. The molecule has 1 aromatic rings. The van der Waals surface area contributed by atoms with E-state index in [0.717, 1.165) is 12.1 Å². The van der Waals surface area contributed by atoms with Gasteiger partial charge in [0.2, 0.25) is 0 Å². The van der Waals surface area contributed by atoms with Crippen LogP contribution < -0.4 is 0 Å². The molecule has 0 amide bonds. The van der Waals surface area contributed by atoms with Crippen LogP contribution >= 0.6 is 0 Å². The minimum atomic E-state index is -0.704. The molecule has 16 heavy (non-hydrogen) atoms. The monoisotopic (exact) mass is 225 g/mol. The summed E-state index contributed by atoms with van der Waals surface area (Å²) in [5.41, 5.74) is 0.0226. The van der Waals surface area contributed by atoms with Crippen LogP contribution in [0, 0.1) is 5.82 Å². The Morgan fingerprint density at radius 2 is 1.94 bits per heavy atom. The van der Waals surface area contributed by atoms with Crippen molar-refractivity contribution in [3.63, 3.8) is 0 Å². The van der Waals surface area contributed by atoms with E-state index in [4.69, 9.17) is 0 Å². The summed E-state index contributed by atoms with van der Waals surface area (Å²) in [5, 5.41) is 9.62. The predicted molar refractivity (Wildman–Crippen MR) is 63.9 cm³/mol. The average molecular weight is 225 g/mol. The maximum absolute atomic E-state index is 13.3. The van der Waals surface area contributed by atoms with Crippen LogP contribution in [0.5, 0.6) is 0 Å². The quantitative estimate of drug-likeness (QED) is 0.829. The van der Waals surface area contributed by atoms with Crippen LogP contribution in [-0.4, -0.2) is 35.7 Å². The van der Waals surface area contributed by atoms with Crippen molar-refractivity contribution in [2.45, 2.75) is 25.9 Å². The average Bonchev–Trinajstić information content (AvgIpc) is 2.14. The van der Waals surface area contributed by atoms with Crippen molar-refractivity contribution in [1.29, 1.82) is 0 Å². The molecule has 0 heterocycles. The lowest BCUT2D eigenvalue weighted by molar-refractivity contribution is 0.0449. The summed E-state index contributed by atoms with van der Waals surface area (Å²) in [6, 6.07) is 6.81. The fourth-order valence-electron chi connectivity index (χ4n) is 1.75. The van der Waals surface area contributed by atoms with Gasteiger partial charge in [0.15, 0.2) is 0 Å². The van der Waals surface area contributed by atoms with E-state index in [1.807, 2.05) is 18.0 Å². The second kappa shape index (κ2) is 5.41. The Kier molecular flexibility index (Phi) is 4.44.